The monoisotopic (exact) mass is 612 g/mol. The normalized spacial score (nSPS) is 17.3. The lowest BCUT2D eigenvalue weighted by atomic mass is 9.95. The Labute approximate surface area is 255 Å². The van der Waals surface area contributed by atoms with Crippen LogP contribution in [0.1, 0.15) is 90.7 Å². The molecular weight excluding hydrogens is 573 g/mol. The minimum Gasteiger partial charge on any atom is -0.464 e. The van der Waals surface area contributed by atoms with Gasteiger partial charge in [0.25, 0.3) is 11.8 Å². The number of hydrogen-bond donors (Lipinski definition) is 2. The number of piperidine rings is 1. The van der Waals surface area contributed by atoms with Crippen molar-refractivity contribution in [3.63, 3.8) is 0 Å². The number of pyridine rings is 1. The number of carbonyl (C=O) groups is 2. The SMILES string of the molecule is CCc1cnc(Nc2cc(C(C)(C)F)cc(C(C)(F)F)c2)nc1CN[C@H]1CCN(C(=O)c2ccnc(C(=O)OC)c2)[C@H](C)C1. The van der Waals surface area contributed by atoms with Gasteiger partial charge in [0.2, 0.25) is 5.95 Å². The van der Waals surface area contributed by atoms with E-state index in [0.717, 1.165) is 18.2 Å². The molecule has 1 aliphatic heterocycles. The molecule has 236 valence electrons. The number of aromatic nitrogens is 3. The number of alkyl halides is 3. The maximum absolute atomic E-state index is 14.7. The molecule has 1 saturated heterocycles. The molecule has 0 spiro atoms. The van der Waals surface area contributed by atoms with Gasteiger partial charge in [-0.3, -0.25) is 4.79 Å². The number of hydrogen-bond acceptors (Lipinski definition) is 8. The Kier molecular flexibility index (Phi) is 9.92. The molecule has 12 heteroatoms. The minimum absolute atomic E-state index is 0.0605. The molecule has 0 saturated carbocycles. The summed E-state index contributed by atoms with van der Waals surface area (Å²) in [6.45, 7) is 8.36. The zero-order chi connectivity index (χ0) is 32.2. The molecule has 2 N–H and O–H groups in total. The average molecular weight is 613 g/mol. The van der Waals surface area contributed by atoms with Crippen LogP contribution in [-0.4, -0.2) is 57.5 Å². The number of amides is 1. The highest BCUT2D eigenvalue weighted by molar-refractivity contribution is 5.97. The average Bonchev–Trinajstić information content (AvgIpc) is 2.98. The summed E-state index contributed by atoms with van der Waals surface area (Å²) in [4.78, 5) is 39.9. The molecule has 0 bridgehead atoms. The largest absolute Gasteiger partial charge is 0.464 e. The van der Waals surface area contributed by atoms with Crippen molar-refractivity contribution in [3.05, 3.63) is 76.4 Å². The number of likely N-dealkylation sites (tertiary alicyclic amines) is 1. The maximum Gasteiger partial charge on any atom is 0.356 e. The number of carbonyl (C=O) groups excluding carboxylic acids is 2. The zero-order valence-electron chi connectivity index (χ0n) is 25.9. The van der Waals surface area contributed by atoms with Crippen LogP contribution < -0.4 is 10.6 Å². The number of nitrogens with one attached hydrogen (secondary N) is 2. The number of anilines is 2. The molecular formula is C32H39F3N6O3. The summed E-state index contributed by atoms with van der Waals surface area (Å²) in [5.74, 6) is -3.71. The van der Waals surface area contributed by atoms with Crippen molar-refractivity contribution in [1.82, 2.24) is 25.2 Å². The second-order valence-corrected chi connectivity index (χ2v) is 11.7. The van der Waals surface area contributed by atoms with E-state index in [-0.39, 0.29) is 46.4 Å². The van der Waals surface area contributed by atoms with Gasteiger partial charge in [-0.2, -0.15) is 0 Å². The van der Waals surface area contributed by atoms with Crippen molar-refractivity contribution >= 4 is 23.5 Å². The number of nitrogens with zero attached hydrogens (tertiary/aromatic N) is 4. The van der Waals surface area contributed by atoms with Crippen molar-refractivity contribution < 1.29 is 27.5 Å². The van der Waals surface area contributed by atoms with E-state index in [0.29, 0.717) is 37.9 Å². The summed E-state index contributed by atoms with van der Waals surface area (Å²) < 4.78 is 47.8. The van der Waals surface area contributed by atoms with Crippen LogP contribution in [-0.2, 0) is 29.3 Å². The number of benzene rings is 1. The molecule has 1 fully saturated rings. The van der Waals surface area contributed by atoms with Crippen LogP contribution in [0.2, 0.25) is 0 Å². The van der Waals surface area contributed by atoms with Gasteiger partial charge in [-0.25, -0.2) is 32.9 Å². The molecule has 1 aliphatic rings. The Hall–Kier alpha value is -4.06. The first-order valence-corrected chi connectivity index (χ1v) is 14.6. The molecule has 9 nitrogen and oxygen atoms in total. The van der Waals surface area contributed by atoms with Gasteiger partial charge in [0.05, 0.1) is 12.8 Å². The highest BCUT2D eigenvalue weighted by atomic mass is 19.3. The highest BCUT2D eigenvalue weighted by Gasteiger charge is 2.31. The number of halogens is 3. The van der Waals surface area contributed by atoms with Gasteiger partial charge in [-0.05, 0) is 81.5 Å². The van der Waals surface area contributed by atoms with Gasteiger partial charge in [-0.1, -0.05) is 6.92 Å². The molecule has 1 aromatic carbocycles. The van der Waals surface area contributed by atoms with Crippen LogP contribution in [0.15, 0.2) is 42.7 Å². The second-order valence-electron chi connectivity index (χ2n) is 11.7. The van der Waals surface area contributed by atoms with Gasteiger partial charge < -0.3 is 20.3 Å². The first-order chi connectivity index (χ1) is 20.7. The minimum atomic E-state index is -3.15. The number of aryl methyl sites for hydroxylation is 1. The maximum atomic E-state index is 14.7. The quantitative estimate of drug-likeness (QED) is 0.266. The summed E-state index contributed by atoms with van der Waals surface area (Å²) >= 11 is 0. The van der Waals surface area contributed by atoms with Crippen LogP contribution in [0.3, 0.4) is 0 Å². The molecule has 44 heavy (non-hydrogen) atoms. The van der Waals surface area contributed by atoms with Gasteiger partial charge in [0, 0.05) is 61.3 Å². The second kappa shape index (κ2) is 13.3. The fourth-order valence-corrected chi connectivity index (χ4v) is 5.22. The molecule has 3 aromatic rings. The van der Waals surface area contributed by atoms with Gasteiger partial charge in [0.15, 0.2) is 0 Å². The first kappa shape index (κ1) is 32.8. The lowest BCUT2D eigenvalue weighted by Crippen LogP contribution is -2.49. The predicted molar refractivity (Wildman–Crippen MR) is 161 cm³/mol. The fourth-order valence-electron chi connectivity index (χ4n) is 5.22. The Morgan fingerprint density at radius 1 is 1.09 bits per heavy atom. The number of esters is 1. The van der Waals surface area contributed by atoms with Crippen LogP contribution in [0, 0.1) is 0 Å². The van der Waals surface area contributed by atoms with E-state index < -0.39 is 17.6 Å². The zero-order valence-corrected chi connectivity index (χ0v) is 25.9. The van der Waals surface area contributed by atoms with Crippen LogP contribution in [0.25, 0.3) is 0 Å². The first-order valence-electron chi connectivity index (χ1n) is 14.6. The van der Waals surface area contributed by atoms with E-state index in [1.54, 1.807) is 17.2 Å². The third-order valence-electron chi connectivity index (χ3n) is 7.81. The number of ether oxygens (including phenoxy) is 1. The lowest BCUT2D eigenvalue weighted by molar-refractivity contribution is 0.0172. The lowest BCUT2D eigenvalue weighted by Gasteiger charge is -2.38. The Morgan fingerprint density at radius 3 is 2.45 bits per heavy atom. The van der Waals surface area contributed by atoms with Crippen molar-refractivity contribution in [2.75, 3.05) is 19.0 Å². The summed E-state index contributed by atoms with van der Waals surface area (Å²) in [5.41, 5.74) is 0.417. The predicted octanol–water partition coefficient (Wildman–Crippen LogP) is 6.06. The molecule has 0 radical (unpaired) electrons. The van der Waals surface area contributed by atoms with Gasteiger partial charge in [-0.15, -0.1) is 0 Å². The van der Waals surface area contributed by atoms with E-state index in [1.807, 2.05) is 13.8 Å². The molecule has 4 rings (SSSR count). The third kappa shape index (κ3) is 7.90. The van der Waals surface area contributed by atoms with Crippen LogP contribution in [0.5, 0.6) is 0 Å². The Morgan fingerprint density at radius 2 is 1.82 bits per heavy atom. The van der Waals surface area contributed by atoms with E-state index in [2.05, 4.69) is 25.6 Å². The van der Waals surface area contributed by atoms with Gasteiger partial charge in [0.1, 0.15) is 11.4 Å². The Balaban J connectivity index is 1.44. The molecule has 0 aliphatic carbocycles. The van der Waals surface area contributed by atoms with E-state index in [4.69, 9.17) is 4.74 Å². The van der Waals surface area contributed by atoms with Crippen molar-refractivity contribution in [2.24, 2.45) is 0 Å². The molecule has 0 unspecified atom stereocenters. The number of rotatable bonds is 10. The summed E-state index contributed by atoms with van der Waals surface area (Å²) in [7, 11) is 1.26. The van der Waals surface area contributed by atoms with E-state index >= 15 is 0 Å². The summed E-state index contributed by atoms with van der Waals surface area (Å²) in [6.07, 6.45) is 5.23. The smallest absolute Gasteiger partial charge is 0.356 e. The molecule has 1 amide bonds. The van der Waals surface area contributed by atoms with Crippen molar-refractivity contribution in [3.8, 4) is 0 Å². The standard InChI is InChI=1S/C32H39F3N6O3/c1-7-20-17-38-30(39-25-15-22(31(3,4)33)14-23(16-25)32(5,34)35)40-27(20)18-37-24-9-11-41(19(2)12-24)28(42)21-8-10-36-26(13-21)29(43)44-6/h8,10,13-17,19,24,37H,7,9,11-12,18H2,1-6H3,(H,38,39,40)/t19-,24+/m1/s1. The summed E-state index contributed by atoms with van der Waals surface area (Å²) in [6, 6.07) is 7.04. The van der Waals surface area contributed by atoms with E-state index in [9.17, 15) is 22.8 Å². The van der Waals surface area contributed by atoms with Crippen LogP contribution in [0.4, 0.5) is 24.8 Å². The van der Waals surface area contributed by atoms with Crippen LogP contribution >= 0.6 is 0 Å². The highest BCUT2D eigenvalue weighted by Crippen LogP contribution is 2.35. The molecule has 2 atom stereocenters. The third-order valence-corrected chi connectivity index (χ3v) is 7.81. The van der Waals surface area contributed by atoms with Gasteiger partial charge >= 0.3 is 5.97 Å². The van der Waals surface area contributed by atoms with Crippen molar-refractivity contribution in [1.29, 1.82) is 0 Å². The summed E-state index contributed by atoms with van der Waals surface area (Å²) in [5, 5.41) is 6.53. The van der Waals surface area contributed by atoms with E-state index in [1.165, 1.54) is 51.4 Å². The Bertz CT molecular complexity index is 1470. The number of methoxy groups -OCH3 is 1. The van der Waals surface area contributed by atoms with Crippen molar-refractivity contribution in [2.45, 2.75) is 84.1 Å². The molecule has 3 heterocycles. The topological polar surface area (TPSA) is 109 Å². The molecule has 2 aromatic heterocycles. The fraction of sp³-hybridized carbons (Fsp3) is 0.469.